The maximum atomic E-state index is 4.85. The van der Waals surface area contributed by atoms with Gasteiger partial charge >= 0.3 is 0 Å². The average Bonchev–Trinajstić information content (AvgIpc) is 2.83. The molecule has 0 fully saturated rings. The molecular formula is C30H21N. The molecule has 1 heteroatoms. The molecule has 5 aromatic carbocycles. The molecule has 0 aliphatic carbocycles. The van der Waals surface area contributed by atoms with E-state index in [0.717, 1.165) is 5.52 Å². The van der Waals surface area contributed by atoms with Crippen molar-refractivity contribution in [1.29, 1.82) is 0 Å². The first-order valence-corrected chi connectivity index (χ1v) is 10.7. The molecule has 0 N–H and O–H groups in total. The monoisotopic (exact) mass is 395 g/mol. The number of rotatable bonds is 2. The molecule has 0 aliphatic heterocycles. The third kappa shape index (κ3) is 2.82. The van der Waals surface area contributed by atoms with Gasteiger partial charge in [0, 0.05) is 22.4 Å². The molecule has 1 heterocycles. The molecule has 1 aromatic heterocycles. The van der Waals surface area contributed by atoms with Crippen molar-refractivity contribution in [3.05, 3.63) is 115 Å². The van der Waals surface area contributed by atoms with E-state index in [1.165, 1.54) is 54.7 Å². The molecule has 0 spiro atoms. The number of benzene rings is 5. The van der Waals surface area contributed by atoms with Crippen LogP contribution in [0.25, 0.3) is 54.7 Å². The van der Waals surface area contributed by atoms with Crippen molar-refractivity contribution in [2.24, 2.45) is 0 Å². The van der Waals surface area contributed by atoms with E-state index in [1.807, 2.05) is 0 Å². The van der Waals surface area contributed by atoms with E-state index in [2.05, 4.69) is 116 Å². The lowest BCUT2D eigenvalue weighted by Crippen LogP contribution is -1.93. The second-order valence-electron chi connectivity index (χ2n) is 8.09. The Morgan fingerprint density at radius 1 is 0.484 bits per heavy atom. The maximum Gasteiger partial charge on any atom is 0.0708 e. The second-order valence-corrected chi connectivity index (χ2v) is 8.09. The van der Waals surface area contributed by atoms with Gasteiger partial charge in [0.15, 0.2) is 0 Å². The van der Waals surface area contributed by atoms with Crippen LogP contribution in [0.5, 0.6) is 0 Å². The summed E-state index contributed by atoms with van der Waals surface area (Å²) in [4.78, 5) is 4.85. The van der Waals surface area contributed by atoms with E-state index >= 15 is 0 Å². The second kappa shape index (κ2) is 7.07. The van der Waals surface area contributed by atoms with Gasteiger partial charge in [0.2, 0.25) is 0 Å². The molecule has 0 unspecified atom stereocenters. The molecule has 0 saturated heterocycles. The molecule has 0 aliphatic rings. The summed E-state index contributed by atoms with van der Waals surface area (Å²) >= 11 is 0. The van der Waals surface area contributed by atoms with Crippen molar-refractivity contribution in [3.63, 3.8) is 0 Å². The first-order valence-electron chi connectivity index (χ1n) is 10.7. The number of hydrogen-bond donors (Lipinski definition) is 0. The average molecular weight is 396 g/mol. The Kier molecular flexibility index (Phi) is 4.07. The van der Waals surface area contributed by atoms with Gasteiger partial charge in [-0.3, -0.25) is 4.98 Å². The fourth-order valence-corrected chi connectivity index (χ4v) is 4.74. The van der Waals surface area contributed by atoms with Gasteiger partial charge in [-0.2, -0.15) is 0 Å². The highest BCUT2D eigenvalue weighted by molar-refractivity contribution is 6.27. The van der Waals surface area contributed by atoms with Crippen molar-refractivity contribution in [3.8, 4) is 22.3 Å². The van der Waals surface area contributed by atoms with Crippen molar-refractivity contribution in [2.45, 2.75) is 6.92 Å². The van der Waals surface area contributed by atoms with Crippen LogP contribution in [0, 0.1) is 6.92 Å². The Labute approximate surface area is 181 Å². The molecule has 0 radical (unpaired) electrons. The van der Waals surface area contributed by atoms with Gasteiger partial charge in [0.25, 0.3) is 0 Å². The fourth-order valence-electron chi connectivity index (χ4n) is 4.74. The Hall–Kier alpha value is -3.97. The highest BCUT2D eigenvalue weighted by Gasteiger charge is 2.18. The summed E-state index contributed by atoms with van der Waals surface area (Å²) in [7, 11) is 0. The summed E-state index contributed by atoms with van der Waals surface area (Å²) in [5.74, 6) is 0. The summed E-state index contributed by atoms with van der Waals surface area (Å²) in [6.07, 6.45) is 2.06. The molecule has 0 atom stereocenters. The van der Waals surface area contributed by atoms with E-state index in [9.17, 15) is 0 Å². The van der Waals surface area contributed by atoms with Gasteiger partial charge in [-0.15, -0.1) is 0 Å². The number of aromatic nitrogens is 1. The number of para-hydroxylation sites is 1. The molecule has 0 saturated carbocycles. The zero-order valence-electron chi connectivity index (χ0n) is 17.3. The topological polar surface area (TPSA) is 12.9 Å². The normalized spacial score (nSPS) is 11.4. The summed E-state index contributed by atoms with van der Waals surface area (Å²) in [6.45, 7) is 2.13. The minimum absolute atomic E-state index is 1.03. The summed E-state index contributed by atoms with van der Waals surface area (Å²) in [5, 5.41) is 6.19. The number of fused-ring (bicyclic) bond motifs is 4. The molecular weight excluding hydrogens is 374 g/mol. The fraction of sp³-hybridized carbons (Fsp3) is 0.0333. The van der Waals surface area contributed by atoms with Gasteiger partial charge in [0.05, 0.1) is 5.52 Å². The lowest BCUT2D eigenvalue weighted by atomic mass is 9.85. The molecule has 31 heavy (non-hydrogen) atoms. The van der Waals surface area contributed by atoms with Crippen LogP contribution >= 0.6 is 0 Å². The van der Waals surface area contributed by atoms with Gasteiger partial charge in [0.1, 0.15) is 0 Å². The zero-order valence-corrected chi connectivity index (χ0v) is 17.3. The van der Waals surface area contributed by atoms with Gasteiger partial charge in [-0.25, -0.2) is 0 Å². The lowest BCUT2D eigenvalue weighted by molar-refractivity contribution is 1.44. The third-order valence-electron chi connectivity index (χ3n) is 6.16. The minimum atomic E-state index is 1.03. The van der Waals surface area contributed by atoms with Gasteiger partial charge < -0.3 is 0 Å². The van der Waals surface area contributed by atoms with Crippen LogP contribution in [0.1, 0.15) is 5.56 Å². The number of aryl methyl sites for hydroxylation is 1. The van der Waals surface area contributed by atoms with Gasteiger partial charge in [-0.1, -0.05) is 103 Å². The van der Waals surface area contributed by atoms with E-state index in [1.54, 1.807) is 0 Å². The van der Waals surface area contributed by atoms with Crippen molar-refractivity contribution < 1.29 is 0 Å². The van der Waals surface area contributed by atoms with Crippen LogP contribution in [0.2, 0.25) is 0 Å². The molecule has 0 amide bonds. The maximum absolute atomic E-state index is 4.85. The molecule has 6 aromatic rings. The highest BCUT2D eigenvalue weighted by atomic mass is 14.6. The number of pyridine rings is 1. The summed E-state index contributed by atoms with van der Waals surface area (Å²) in [5.41, 5.74) is 7.28. The molecule has 1 nitrogen and oxygen atoms in total. The summed E-state index contributed by atoms with van der Waals surface area (Å²) < 4.78 is 0. The summed E-state index contributed by atoms with van der Waals surface area (Å²) in [6, 6.07) is 36.8. The van der Waals surface area contributed by atoms with Crippen LogP contribution in [0.15, 0.2) is 109 Å². The van der Waals surface area contributed by atoms with Crippen LogP contribution < -0.4 is 0 Å². The van der Waals surface area contributed by atoms with E-state index in [4.69, 9.17) is 4.98 Å². The van der Waals surface area contributed by atoms with Crippen molar-refractivity contribution in [2.75, 3.05) is 0 Å². The van der Waals surface area contributed by atoms with Crippen LogP contribution in [0.3, 0.4) is 0 Å². The Bertz CT molecular complexity index is 1560. The van der Waals surface area contributed by atoms with Crippen LogP contribution in [0.4, 0.5) is 0 Å². The van der Waals surface area contributed by atoms with E-state index in [-0.39, 0.29) is 0 Å². The van der Waals surface area contributed by atoms with E-state index in [0.29, 0.717) is 0 Å². The van der Waals surface area contributed by atoms with Crippen molar-refractivity contribution >= 4 is 32.4 Å². The molecule has 146 valence electrons. The molecule has 6 rings (SSSR count). The first kappa shape index (κ1) is 17.9. The predicted octanol–water partition coefficient (Wildman–Crippen LogP) is 8.18. The molecule has 0 bridgehead atoms. The Balaban J connectivity index is 1.91. The van der Waals surface area contributed by atoms with Gasteiger partial charge in [-0.05, 0) is 46.0 Å². The lowest BCUT2D eigenvalue weighted by Gasteiger charge is -2.19. The van der Waals surface area contributed by atoms with Crippen molar-refractivity contribution in [1.82, 2.24) is 4.98 Å². The number of hydrogen-bond acceptors (Lipinski definition) is 1. The third-order valence-corrected chi connectivity index (χ3v) is 6.16. The number of nitrogens with zero attached hydrogens (tertiary/aromatic N) is 1. The highest BCUT2D eigenvalue weighted by Crippen LogP contribution is 2.45. The quantitative estimate of drug-likeness (QED) is 0.213. The Morgan fingerprint density at radius 2 is 1.06 bits per heavy atom. The largest absolute Gasteiger partial charge is 0.256 e. The van der Waals surface area contributed by atoms with E-state index < -0.39 is 0 Å². The zero-order chi connectivity index (χ0) is 20.8. The van der Waals surface area contributed by atoms with Crippen LogP contribution in [-0.2, 0) is 0 Å². The standard InChI is InChI=1S/C30H21N/c1-20-15-17-22(18-16-20)28-23-11-5-6-12-24(23)29(21-9-3-2-4-10-21)30-25-13-7-8-14-27(25)31-19-26(28)30/h2-19H,1H3. The minimum Gasteiger partial charge on any atom is -0.256 e. The Morgan fingerprint density at radius 3 is 1.81 bits per heavy atom. The smallest absolute Gasteiger partial charge is 0.0708 e. The first-order chi connectivity index (χ1) is 15.3. The predicted molar refractivity (Wildman–Crippen MR) is 132 cm³/mol. The SMILES string of the molecule is Cc1ccc(-c2c3ccccc3c(-c3ccccc3)c3c2cnc2ccccc23)cc1. The van der Waals surface area contributed by atoms with Crippen LogP contribution in [-0.4, -0.2) is 4.98 Å².